The molecule has 0 heterocycles. The molecule has 0 saturated carbocycles. The first kappa shape index (κ1) is 23.1. The van der Waals surface area contributed by atoms with Gasteiger partial charge in [0.1, 0.15) is 5.31 Å². The van der Waals surface area contributed by atoms with Crippen LogP contribution in [0.2, 0.25) is 0 Å². The van der Waals surface area contributed by atoms with Crippen LogP contribution in [0.25, 0.3) is 0 Å². The summed E-state index contributed by atoms with van der Waals surface area (Å²) in [5.41, 5.74) is 1.29. The van der Waals surface area contributed by atoms with Crippen LogP contribution in [-0.4, -0.2) is 25.8 Å². The molecular formula is C18H33O5P. The maximum Gasteiger partial charge on any atom is 0.368 e. The highest BCUT2D eigenvalue weighted by Gasteiger charge is 2.35. The molecule has 0 N–H and O–H groups in total. The minimum absolute atomic E-state index is 0.0158. The van der Waals surface area contributed by atoms with E-state index >= 15 is 0 Å². The molecule has 0 radical (unpaired) electrons. The molecule has 0 aromatic carbocycles. The Labute approximate surface area is 147 Å². The molecule has 0 spiro atoms. The van der Waals surface area contributed by atoms with Crippen molar-refractivity contribution in [2.75, 3.05) is 19.8 Å². The molecule has 0 bridgehead atoms. The van der Waals surface area contributed by atoms with Crippen LogP contribution in [0.5, 0.6) is 0 Å². The van der Waals surface area contributed by atoms with Crippen LogP contribution < -0.4 is 0 Å². The van der Waals surface area contributed by atoms with Crippen molar-refractivity contribution in [3.63, 3.8) is 0 Å². The number of carbonyl (C=O) groups is 1. The monoisotopic (exact) mass is 360 g/mol. The predicted octanol–water partition coefficient (Wildman–Crippen LogP) is 5.47. The highest BCUT2D eigenvalue weighted by Crippen LogP contribution is 2.56. The summed E-state index contributed by atoms with van der Waals surface area (Å²) in [6, 6.07) is 0. The summed E-state index contributed by atoms with van der Waals surface area (Å²) < 4.78 is 28.6. The predicted molar refractivity (Wildman–Crippen MR) is 98.0 cm³/mol. The Kier molecular flexibility index (Phi) is 12.0. The minimum atomic E-state index is -3.64. The zero-order valence-corrected chi connectivity index (χ0v) is 16.9. The van der Waals surface area contributed by atoms with E-state index in [9.17, 15) is 9.36 Å². The van der Waals surface area contributed by atoms with Gasteiger partial charge in [-0.25, -0.2) is 4.79 Å². The van der Waals surface area contributed by atoms with Crippen molar-refractivity contribution in [3.05, 3.63) is 23.0 Å². The highest BCUT2D eigenvalue weighted by atomic mass is 31.2. The van der Waals surface area contributed by atoms with Gasteiger partial charge in [-0.05, 0) is 59.8 Å². The van der Waals surface area contributed by atoms with Crippen molar-refractivity contribution in [1.29, 1.82) is 0 Å². The van der Waals surface area contributed by atoms with Crippen molar-refractivity contribution in [2.24, 2.45) is 5.92 Å². The quantitative estimate of drug-likeness (QED) is 0.200. The SMILES string of the molecule is CCOC(=O)/C(=C/CC(C)CCC=C(C)C)P(=O)(OCC)OCC. The molecule has 0 aromatic heterocycles. The normalized spacial score (nSPS) is 13.5. The lowest BCUT2D eigenvalue weighted by Gasteiger charge is -2.19. The smallest absolute Gasteiger partial charge is 0.368 e. The number of allylic oxidation sites excluding steroid dienone is 3. The van der Waals surface area contributed by atoms with Crippen molar-refractivity contribution >= 4 is 13.6 Å². The molecule has 6 heteroatoms. The summed E-state index contributed by atoms with van der Waals surface area (Å²) in [7, 11) is -3.64. The van der Waals surface area contributed by atoms with Crippen molar-refractivity contribution in [1.82, 2.24) is 0 Å². The van der Waals surface area contributed by atoms with Gasteiger partial charge in [0, 0.05) is 0 Å². The van der Waals surface area contributed by atoms with Crippen LogP contribution in [0.3, 0.4) is 0 Å². The molecule has 0 fully saturated rings. The lowest BCUT2D eigenvalue weighted by atomic mass is 10.0. The Balaban J connectivity index is 5.21. The Morgan fingerprint density at radius 3 is 2.08 bits per heavy atom. The molecule has 140 valence electrons. The number of rotatable bonds is 12. The molecule has 24 heavy (non-hydrogen) atoms. The van der Waals surface area contributed by atoms with Crippen molar-refractivity contribution < 1.29 is 23.1 Å². The standard InChI is InChI=1S/C18H33O5P/c1-7-21-18(19)17(24(20,22-8-2)23-9-3)14-13-16(6)12-10-11-15(4)5/h11,14,16H,7-10,12-13H2,1-6H3/b17-14-. The molecular weight excluding hydrogens is 327 g/mol. The number of esters is 1. The summed E-state index contributed by atoms with van der Waals surface area (Å²) in [6.45, 7) is 12.0. The van der Waals surface area contributed by atoms with E-state index in [1.807, 2.05) is 0 Å². The summed E-state index contributed by atoms with van der Waals surface area (Å²) in [5.74, 6) is -0.277. The summed E-state index contributed by atoms with van der Waals surface area (Å²) in [5, 5.41) is 0.0158. The molecule has 0 rings (SSSR count). The van der Waals surface area contributed by atoms with Crippen LogP contribution in [0.1, 0.15) is 60.8 Å². The van der Waals surface area contributed by atoms with E-state index in [0.29, 0.717) is 12.3 Å². The minimum Gasteiger partial charge on any atom is -0.462 e. The average molecular weight is 360 g/mol. The van der Waals surface area contributed by atoms with Crippen LogP contribution in [-0.2, 0) is 23.1 Å². The Hall–Kier alpha value is -0.900. The van der Waals surface area contributed by atoms with Gasteiger partial charge in [0.2, 0.25) is 0 Å². The zero-order valence-electron chi connectivity index (χ0n) is 16.0. The second-order valence-corrected chi connectivity index (χ2v) is 7.84. The largest absolute Gasteiger partial charge is 0.462 e. The Morgan fingerprint density at radius 1 is 1.04 bits per heavy atom. The fourth-order valence-corrected chi connectivity index (χ4v) is 3.77. The van der Waals surface area contributed by atoms with Crippen molar-refractivity contribution in [3.8, 4) is 0 Å². The maximum absolute atomic E-state index is 12.9. The van der Waals surface area contributed by atoms with Crippen LogP contribution >= 0.6 is 7.60 Å². The summed E-state index contributed by atoms with van der Waals surface area (Å²) in [4.78, 5) is 12.2. The molecule has 0 aromatic rings. The van der Waals surface area contributed by atoms with Crippen LogP contribution in [0.15, 0.2) is 23.0 Å². The number of ether oxygens (including phenoxy) is 1. The second-order valence-electron chi connectivity index (χ2n) is 5.84. The molecule has 0 saturated heterocycles. The molecule has 0 aliphatic carbocycles. The fraction of sp³-hybridized carbons (Fsp3) is 0.722. The topological polar surface area (TPSA) is 61.8 Å². The summed E-state index contributed by atoms with van der Waals surface area (Å²) >= 11 is 0. The van der Waals surface area contributed by atoms with Crippen molar-refractivity contribution in [2.45, 2.75) is 60.8 Å². The van der Waals surface area contributed by atoms with Gasteiger partial charge >= 0.3 is 13.6 Å². The van der Waals surface area contributed by atoms with Gasteiger partial charge in [-0.15, -0.1) is 0 Å². The molecule has 1 atom stereocenters. The van der Waals surface area contributed by atoms with Gasteiger partial charge in [-0.3, -0.25) is 4.57 Å². The number of hydrogen-bond acceptors (Lipinski definition) is 5. The van der Waals surface area contributed by atoms with Gasteiger partial charge in [0.25, 0.3) is 0 Å². The van der Waals surface area contributed by atoms with Crippen LogP contribution in [0, 0.1) is 5.92 Å². The average Bonchev–Trinajstić information content (AvgIpc) is 2.47. The third-order valence-electron chi connectivity index (χ3n) is 3.30. The van der Waals surface area contributed by atoms with Gasteiger partial charge in [-0.1, -0.05) is 24.6 Å². The lowest BCUT2D eigenvalue weighted by molar-refractivity contribution is -0.137. The third kappa shape index (κ3) is 8.81. The number of hydrogen-bond donors (Lipinski definition) is 0. The summed E-state index contributed by atoms with van der Waals surface area (Å²) in [6.07, 6.45) is 6.45. The molecule has 0 aliphatic rings. The van der Waals surface area contributed by atoms with Gasteiger partial charge in [0.15, 0.2) is 0 Å². The molecule has 0 amide bonds. The lowest BCUT2D eigenvalue weighted by Crippen LogP contribution is -2.12. The van der Waals surface area contributed by atoms with E-state index in [0.717, 1.165) is 12.8 Å². The van der Waals surface area contributed by atoms with Crippen LogP contribution in [0.4, 0.5) is 0 Å². The fourth-order valence-electron chi connectivity index (χ4n) is 2.12. The second kappa shape index (κ2) is 12.5. The van der Waals surface area contributed by atoms with E-state index in [4.69, 9.17) is 13.8 Å². The first-order valence-electron chi connectivity index (χ1n) is 8.70. The first-order chi connectivity index (χ1) is 11.3. The molecule has 0 aliphatic heterocycles. The Bertz CT molecular complexity index is 468. The number of carbonyl (C=O) groups excluding carboxylic acids is 1. The maximum atomic E-state index is 12.9. The van der Waals surface area contributed by atoms with Gasteiger partial charge in [0.05, 0.1) is 19.8 Å². The first-order valence-corrected chi connectivity index (χ1v) is 10.2. The third-order valence-corrected chi connectivity index (χ3v) is 5.45. The molecule has 1 unspecified atom stereocenters. The van der Waals surface area contributed by atoms with E-state index < -0.39 is 13.6 Å². The zero-order chi connectivity index (χ0) is 18.6. The van der Waals surface area contributed by atoms with Gasteiger partial charge < -0.3 is 13.8 Å². The van der Waals surface area contributed by atoms with E-state index in [-0.39, 0.29) is 25.1 Å². The molecule has 5 nitrogen and oxygen atoms in total. The van der Waals surface area contributed by atoms with Gasteiger partial charge in [-0.2, -0.15) is 0 Å². The van der Waals surface area contributed by atoms with E-state index in [2.05, 4.69) is 26.8 Å². The Morgan fingerprint density at radius 2 is 1.62 bits per heavy atom. The van der Waals surface area contributed by atoms with E-state index in [1.54, 1.807) is 26.8 Å². The van der Waals surface area contributed by atoms with E-state index in [1.165, 1.54) is 5.57 Å². The highest BCUT2D eigenvalue weighted by molar-refractivity contribution is 7.59.